The first-order valence-electron chi connectivity index (χ1n) is 11.7. The molecule has 2 amide bonds. The molecule has 1 aromatic heterocycles. The van der Waals surface area contributed by atoms with Gasteiger partial charge in [-0.25, -0.2) is 8.42 Å². The summed E-state index contributed by atoms with van der Waals surface area (Å²) < 4.78 is 38.0. The minimum absolute atomic E-state index is 0.0654. The number of sulfonamides is 1. The highest BCUT2D eigenvalue weighted by atomic mass is 32.2. The van der Waals surface area contributed by atoms with Crippen LogP contribution in [0.3, 0.4) is 0 Å². The zero-order valence-corrected chi connectivity index (χ0v) is 23.2. The van der Waals surface area contributed by atoms with E-state index in [4.69, 9.17) is 9.47 Å². The molecule has 0 aliphatic carbocycles. The van der Waals surface area contributed by atoms with Crippen LogP contribution in [0.5, 0.6) is 11.5 Å². The molecule has 1 aliphatic heterocycles. The number of amides is 2. The van der Waals surface area contributed by atoms with E-state index < -0.39 is 15.9 Å². The molecule has 0 radical (unpaired) electrons. The highest BCUT2D eigenvalue weighted by molar-refractivity contribution is 8.01. The smallest absolute Gasteiger partial charge is 0.257 e. The van der Waals surface area contributed by atoms with Crippen LogP contribution in [0.25, 0.3) is 0 Å². The Balaban J connectivity index is 1.31. The largest absolute Gasteiger partial charge is 0.497 e. The molecule has 2 N–H and O–H groups in total. The summed E-state index contributed by atoms with van der Waals surface area (Å²) in [4.78, 5) is 25.2. The van der Waals surface area contributed by atoms with Gasteiger partial charge in [0, 0.05) is 24.7 Å². The monoisotopic (exact) mass is 577 g/mol. The van der Waals surface area contributed by atoms with Crippen molar-refractivity contribution in [2.24, 2.45) is 0 Å². The molecule has 202 valence electrons. The predicted octanol–water partition coefficient (Wildman–Crippen LogP) is 3.71. The molecule has 1 saturated heterocycles. The van der Waals surface area contributed by atoms with Crippen LogP contribution in [0.2, 0.25) is 0 Å². The molecule has 2 aromatic carbocycles. The van der Waals surface area contributed by atoms with Gasteiger partial charge in [0.1, 0.15) is 11.5 Å². The molecule has 2 heterocycles. The third-order valence-electron chi connectivity index (χ3n) is 5.70. The number of piperidine rings is 1. The van der Waals surface area contributed by atoms with Crippen LogP contribution in [0.4, 0.5) is 10.8 Å². The lowest BCUT2D eigenvalue weighted by molar-refractivity contribution is -0.113. The number of anilines is 2. The summed E-state index contributed by atoms with van der Waals surface area (Å²) in [7, 11) is -0.526. The fourth-order valence-electron chi connectivity index (χ4n) is 3.75. The second-order valence-electron chi connectivity index (χ2n) is 8.22. The van der Waals surface area contributed by atoms with Gasteiger partial charge in [0.25, 0.3) is 5.91 Å². The maximum atomic E-state index is 12.8. The maximum absolute atomic E-state index is 12.8. The van der Waals surface area contributed by atoms with Gasteiger partial charge in [0.05, 0.1) is 30.6 Å². The van der Waals surface area contributed by atoms with Gasteiger partial charge in [-0.1, -0.05) is 29.5 Å². The number of nitrogens with one attached hydrogen (secondary N) is 2. The normalized spacial score (nSPS) is 14.1. The lowest BCUT2D eigenvalue weighted by Gasteiger charge is -2.25. The fourth-order valence-corrected chi connectivity index (χ4v) is 6.81. The van der Waals surface area contributed by atoms with Crippen molar-refractivity contribution in [3.8, 4) is 11.5 Å². The van der Waals surface area contributed by atoms with Crippen LogP contribution < -0.4 is 20.1 Å². The standard InChI is InChI=1S/C24H27N5O6S3/c1-34-17-8-11-20(35-2)19(14-17)25-21(30)15-36-24-28-27-23(37-24)26-22(31)16-6-9-18(10-7-16)38(32,33)29-12-4-3-5-13-29/h6-11,14H,3-5,12-13,15H2,1-2H3,(H,25,30)(H,26,27,31). The first-order chi connectivity index (χ1) is 18.3. The van der Waals surface area contributed by atoms with E-state index in [2.05, 4.69) is 20.8 Å². The van der Waals surface area contributed by atoms with Crippen molar-refractivity contribution >= 4 is 55.8 Å². The Hall–Kier alpha value is -3.20. The van der Waals surface area contributed by atoms with Gasteiger partial charge < -0.3 is 14.8 Å². The van der Waals surface area contributed by atoms with E-state index >= 15 is 0 Å². The van der Waals surface area contributed by atoms with E-state index in [1.807, 2.05) is 0 Å². The SMILES string of the molecule is COc1ccc(OC)c(NC(=O)CSc2nnc(NC(=O)c3ccc(S(=O)(=O)N4CCCCC4)cc3)s2)c1. The number of thioether (sulfide) groups is 1. The van der Waals surface area contributed by atoms with Crippen LogP contribution in [-0.4, -0.2) is 67.8 Å². The van der Waals surface area contributed by atoms with Crippen LogP contribution >= 0.6 is 23.1 Å². The first-order valence-corrected chi connectivity index (χ1v) is 14.9. The Morgan fingerprint density at radius 3 is 2.42 bits per heavy atom. The van der Waals surface area contributed by atoms with Crippen molar-refractivity contribution in [3.63, 3.8) is 0 Å². The van der Waals surface area contributed by atoms with Gasteiger partial charge in [-0.3, -0.25) is 14.9 Å². The van der Waals surface area contributed by atoms with Gasteiger partial charge >= 0.3 is 0 Å². The Kier molecular flexibility index (Phi) is 9.20. The van der Waals surface area contributed by atoms with Gasteiger partial charge in [-0.2, -0.15) is 4.31 Å². The molecule has 0 saturated carbocycles. The summed E-state index contributed by atoms with van der Waals surface area (Å²) >= 11 is 2.30. The van der Waals surface area contributed by atoms with Crippen LogP contribution in [0, 0.1) is 0 Å². The van der Waals surface area contributed by atoms with Crippen molar-refractivity contribution in [3.05, 3.63) is 48.0 Å². The molecule has 3 aromatic rings. The Bertz CT molecular complexity index is 1390. The number of carbonyl (C=O) groups is 2. The number of carbonyl (C=O) groups excluding carboxylic acids is 2. The lowest BCUT2D eigenvalue weighted by atomic mass is 10.2. The van der Waals surface area contributed by atoms with Crippen molar-refractivity contribution in [1.29, 1.82) is 0 Å². The van der Waals surface area contributed by atoms with Crippen LogP contribution in [0.15, 0.2) is 51.7 Å². The maximum Gasteiger partial charge on any atom is 0.257 e. The summed E-state index contributed by atoms with van der Waals surface area (Å²) in [6.07, 6.45) is 2.73. The minimum atomic E-state index is -3.57. The third kappa shape index (κ3) is 6.81. The topological polar surface area (TPSA) is 140 Å². The van der Waals surface area contributed by atoms with E-state index in [1.54, 1.807) is 18.2 Å². The highest BCUT2D eigenvalue weighted by Gasteiger charge is 2.26. The van der Waals surface area contributed by atoms with Crippen molar-refractivity contribution < 1.29 is 27.5 Å². The summed E-state index contributed by atoms with van der Waals surface area (Å²) in [6.45, 7) is 1.03. The molecule has 14 heteroatoms. The summed E-state index contributed by atoms with van der Waals surface area (Å²) in [6, 6.07) is 10.9. The number of aromatic nitrogens is 2. The lowest BCUT2D eigenvalue weighted by Crippen LogP contribution is -2.35. The number of benzene rings is 2. The molecule has 0 atom stereocenters. The third-order valence-corrected chi connectivity index (χ3v) is 9.59. The number of hydrogen-bond donors (Lipinski definition) is 2. The van der Waals surface area contributed by atoms with E-state index in [9.17, 15) is 18.0 Å². The number of hydrogen-bond acceptors (Lipinski definition) is 10. The van der Waals surface area contributed by atoms with E-state index in [0.717, 1.165) is 30.6 Å². The zero-order chi connectivity index (χ0) is 27.1. The van der Waals surface area contributed by atoms with Crippen LogP contribution in [0.1, 0.15) is 29.6 Å². The molecule has 1 fully saturated rings. The van der Waals surface area contributed by atoms with Gasteiger partial charge in [0.15, 0.2) is 4.34 Å². The molecule has 1 aliphatic rings. The fraction of sp³-hybridized carbons (Fsp3) is 0.333. The molecular formula is C24H27N5O6S3. The first kappa shape index (κ1) is 27.8. The number of rotatable bonds is 10. The van der Waals surface area contributed by atoms with E-state index in [-0.39, 0.29) is 21.7 Å². The van der Waals surface area contributed by atoms with Crippen LogP contribution in [-0.2, 0) is 14.8 Å². The molecule has 0 unspecified atom stereocenters. The second-order valence-corrected chi connectivity index (χ2v) is 12.4. The van der Waals surface area contributed by atoms with Gasteiger partial charge in [-0.15, -0.1) is 10.2 Å². The van der Waals surface area contributed by atoms with Crippen molar-refractivity contribution in [2.45, 2.75) is 28.5 Å². The molecule has 0 spiro atoms. The van der Waals surface area contributed by atoms with Crippen molar-refractivity contribution in [1.82, 2.24) is 14.5 Å². The highest BCUT2D eigenvalue weighted by Crippen LogP contribution is 2.30. The summed E-state index contributed by atoms with van der Waals surface area (Å²) in [5, 5.41) is 13.7. The Morgan fingerprint density at radius 2 is 1.74 bits per heavy atom. The van der Waals surface area contributed by atoms with Gasteiger partial charge in [-0.05, 0) is 49.2 Å². The quantitative estimate of drug-likeness (QED) is 0.273. The Labute approximate surface area is 229 Å². The average Bonchev–Trinajstić information content (AvgIpc) is 3.39. The molecule has 11 nitrogen and oxygen atoms in total. The number of methoxy groups -OCH3 is 2. The van der Waals surface area contributed by atoms with Crippen molar-refractivity contribution in [2.75, 3.05) is 43.7 Å². The summed E-state index contributed by atoms with van der Waals surface area (Å²) in [5.41, 5.74) is 0.774. The molecule has 38 heavy (non-hydrogen) atoms. The molecule has 4 rings (SSSR count). The average molecular weight is 578 g/mol. The zero-order valence-electron chi connectivity index (χ0n) is 20.8. The minimum Gasteiger partial charge on any atom is -0.497 e. The summed E-state index contributed by atoms with van der Waals surface area (Å²) in [5.74, 6) is 0.429. The van der Waals surface area contributed by atoms with E-state index in [1.165, 1.54) is 54.6 Å². The molecule has 0 bridgehead atoms. The number of nitrogens with zero attached hydrogens (tertiary/aromatic N) is 3. The van der Waals surface area contributed by atoms with E-state index in [0.29, 0.717) is 40.2 Å². The second kappa shape index (κ2) is 12.6. The van der Waals surface area contributed by atoms with Gasteiger partial charge in [0.2, 0.25) is 21.1 Å². The molecular weight excluding hydrogens is 550 g/mol. The predicted molar refractivity (Wildman–Crippen MR) is 146 cm³/mol. The Morgan fingerprint density at radius 1 is 1.00 bits per heavy atom. The number of ether oxygens (including phenoxy) is 2.